The van der Waals surface area contributed by atoms with Crippen molar-refractivity contribution in [3.63, 3.8) is 0 Å². The molecule has 0 unspecified atom stereocenters. The van der Waals surface area contributed by atoms with E-state index in [4.69, 9.17) is 4.74 Å². The zero-order valence-corrected chi connectivity index (χ0v) is 11.7. The Bertz CT molecular complexity index is 592. The van der Waals surface area contributed by atoms with Crippen molar-refractivity contribution in [3.8, 4) is 5.88 Å². The normalized spacial score (nSPS) is 22.9. The largest absolute Gasteiger partial charge is 0.473 e. The third-order valence-electron chi connectivity index (χ3n) is 4.17. The van der Waals surface area contributed by atoms with E-state index in [1.165, 1.54) is 0 Å². The molecule has 1 aromatic heterocycles. The number of aryl methyl sites for hydroxylation is 1. The van der Waals surface area contributed by atoms with Gasteiger partial charge in [0.25, 0.3) is 0 Å². The zero-order chi connectivity index (χ0) is 13.9. The van der Waals surface area contributed by atoms with Gasteiger partial charge in [0.15, 0.2) is 0 Å². The van der Waals surface area contributed by atoms with Gasteiger partial charge in [-0.1, -0.05) is 18.2 Å². The Morgan fingerprint density at radius 2 is 1.80 bits per heavy atom. The number of nitrogens with zero attached hydrogens (tertiary/aromatic N) is 2. The first-order chi connectivity index (χ1) is 9.78. The van der Waals surface area contributed by atoms with Crippen molar-refractivity contribution in [2.45, 2.75) is 38.7 Å². The molecular formula is C16H20N2O2. The minimum atomic E-state index is 0.193. The number of benzene rings is 1. The molecule has 1 saturated carbocycles. The van der Waals surface area contributed by atoms with Gasteiger partial charge < -0.3 is 9.84 Å². The van der Waals surface area contributed by atoms with Crippen LogP contribution in [0.2, 0.25) is 0 Å². The molecule has 0 radical (unpaired) electrons. The second-order valence-electron chi connectivity index (χ2n) is 5.58. The van der Waals surface area contributed by atoms with Crippen molar-refractivity contribution in [2.24, 2.45) is 5.92 Å². The SMILES string of the molecule is Cc1nnc(OC2CCC(CO)CC2)c2ccccc12. The summed E-state index contributed by atoms with van der Waals surface area (Å²) in [6.07, 6.45) is 4.21. The summed E-state index contributed by atoms with van der Waals surface area (Å²) in [5, 5.41) is 19.7. The van der Waals surface area contributed by atoms with Crippen LogP contribution in [-0.4, -0.2) is 28.0 Å². The summed E-state index contributed by atoms with van der Waals surface area (Å²) in [7, 11) is 0. The van der Waals surface area contributed by atoms with Gasteiger partial charge in [0, 0.05) is 17.4 Å². The maximum Gasteiger partial charge on any atom is 0.241 e. The van der Waals surface area contributed by atoms with Crippen molar-refractivity contribution >= 4 is 10.8 Å². The van der Waals surface area contributed by atoms with E-state index in [0.29, 0.717) is 18.4 Å². The predicted molar refractivity (Wildman–Crippen MR) is 77.7 cm³/mol. The predicted octanol–water partition coefficient (Wildman–Crippen LogP) is 2.87. The highest BCUT2D eigenvalue weighted by Gasteiger charge is 2.23. The molecule has 1 aliphatic rings. The molecule has 0 spiro atoms. The van der Waals surface area contributed by atoms with Crippen LogP contribution in [0, 0.1) is 12.8 Å². The number of aliphatic hydroxyl groups excluding tert-OH is 1. The van der Waals surface area contributed by atoms with E-state index < -0.39 is 0 Å². The Morgan fingerprint density at radius 1 is 1.10 bits per heavy atom. The number of fused-ring (bicyclic) bond motifs is 1. The third kappa shape index (κ3) is 2.61. The lowest BCUT2D eigenvalue weighted by atomic mass is 9.88. The fraction of sp³-hybridized carbons (Fsp3) is 0.500. The highest BCUT2D eigenvalue weighted by molar-refractivity contribution is 5.88. The zero-order valence-electron chi connectivity index (χ0n) is 11.7. The first-order valence-corrected chi connectivity index (χ1v) is 7.27. The maximum absolute atomic E-state index is 9.18. The molecule has 0 aliphatic heterocycles. The van der Waals surface area contributed by atoms with Crippen LogP contribution >= 0.6 is 0 Å². The summed E-state index contributed by atoms with van der Waals surface area (Å²) in [6.45, 7) is 2.26. The fourth-order valence-corrected chi connectivity index (χ4v) is 2.89. The highest BCUT2D eigenvalue weighted by atomic mass is 16.5. The van der Waals surface area contributed by atoms with E-state index in [-0.39, 0.29) is 6.10 Å². The molecular weight excluding hydrogens is 252 g/mol. The van der Waals surface area contributed by atoms with Crippen molar-refractivity contribution in [3.05, 3.63) is 30.0 Å². The van der Waals surface area contributed by atoms with Gasteiger partial charge in [-0.2, -0.15) is 5.10 Å². The fourth-order valence-electron chi connectivity index (χ4n) is 2.89. The van der Waals surface area contributed by atoms with Crippen molar-refractivity contribution in [2.75, 3.05) is 6.61 Å². The Kier molecular flexibility index (Phi) is 3.83. The molecule has 1 aliphatic carbocycles. The van der Waals surface area contributed by atoms with Gasteiger partial charge in [-0.15, -0.1) is 5.10 Å². The molecule has 106 valence electrons. The van der Waals surface area contributed by atoms with Crippen molar-refractivity contribution in [1.82, 2.24) is 10.2 Å². The number of hydrogen-bond acceptors (Lipinski definition) is 4. The second kappa shape index (κ2) is 5.75. The van der Waals surface area contributed by atoms with Gasteiger partial charge in [0.2, 0.25) is 5.88 Å². The topological polar surface area (TPSA) is 55.2 Å². The van der Waals surface area contributed by atoms with Crippen molar-refractivity contribution in [1.29, 1.82) is 0 Å². The number of hydrogen-bond donors (Lipinski definition) is 1. The number of ether oxygens (including phenoxy) is 1. The van der Waals surface area contributed by atoms with E-state index in [1.54, 1.807) is 0 Å². The third-order valence-corrected chi connectivity index (χ3v) is 4.17. The first kappa shape index (κ1) is 13.3. The second-order valence-corrected chi connectivity index (χ2v) is 5.58. The van der Waals surface area contributed by atoms with Crippen LogP contribution in [-0.2, 0) is 0 Å². The molecule has 0 atom stereocenters. The minimum Gasteiger partial charge on any atom is -0.473 e. The summed E-state index contributed by atoms with van der Waals surface area (Å²) in [5.74, 6) is 1.08. The smallest absolute Gasteiger partial charge is 0.241 e. The van der Waals surface area contributed by atoms with Gasteiger partial charge in [0.1, 0.15) is 6.10 Å². The monoisotopic (exact) mass is 272 g/mol. The molecule has 3 rings (SSSR count). The lowest BCUT2D eigenvalue weighted by molar-refractivity contribution is 0.101. The van der Waals surface area contributed by atoms with E-state index in [9.17, 15) is 5.11 Å². The van der Waals surface area contributed by atoms with Crippen molar-refractivity contribution < 1.29 is 9.84 Å². The van der Waals surface area contributed by atoms with E-state index in [2.05, 4.69) is 16.3 Å². The molecule has 1 fully saturated rings. The van der Waals surface area contributed by atoms with Crippen LogP contribution in [0.4, 0.5) is 0 Å². The molecule has 20 heavy (non-hydrogen) atoms. The Balaban J connectivity index is 1.80. The molecule has 1 heterocycles. The first-order valence-electron chi connectivity index (χ1n) is 7.27. The van der Waals surface area contributed by atoms with Gasteiger partial charge >= 0.3 is 0 Å². The van der Waals surface area contributed by atoms with Crippen LogP contribution in [0.1, 0.15) is 31.4 Å². The molecule has 1 N–H and O–H groups in total. The highest BCUT2D eigenvalue weighted by Crippen LogP contribution is 2.30. The Morgan fingerprint density at radius 3 is 2.50 bits per heavy atom. The lowest BCUT2D eigenvalue weighted by Gasteiger charge is -2.27. The number of aliphatic hydroxyl groups is 1. The molecule has 0 bridgehead atoms. The summed E-state index contributed by atoms with van der Waals surface area (Å²) < 4.78 is 6.06. The average Bonchev–Trinajstić information content (AvgIpc) is 2.51. The van der Waals surface area contributed by atoms with Crippen LogP contribution in [0.3, 0.4) is 0 Å². The van der Waals surface area contributed by atoms with Gasteiger partial charge in [-0.25, -0.2) is 0 Å². The standard InChI is InChI=1S/C16H20N2O2/c1-11-14-4-2-3-5-15(14)16(18-17-11)20-13-8-6-12(10-19)7-9-13/h2-5,12-13,19H,6-10H2,1H3. The number of rotatable bonds is 3. The van der Waals surface area contributed by atoms with E-state index in [0.717, 1.165) is 42.1 Å². The molecule has 4 nitrogen and oxygen atoms in total. The summed E-state index contributed by atoms with van der Waals surface area (Å²) in [4.78, 5) is 0. The average molecular weight is 272 g/mol. The maximum atomic E-state index is 9.18. The summed E-state index contributed by atoms with van der Waals surface area (Å²) >= 11 is 0. The molecule has 4 heteroatoms. The Labute approximate surface area is 118 Å². The summed E-state index contributed by atoms with van der Waals surface area (Å²) in [5.41, 5.74) is 0.928. The van der Waals surface area contributed by atoms with Crippen LogP contribution in [0.5, 0.6) is 5.88 Å². The van der Waals surface area contributed by atoms with E-state index >= 15 is 0 Å². The van der Waals surface area contributed by atoms with E-state index in [1.807, 2.05) is 25.1 Å². The molecule has 0 amide bonds. The van der Waals surface area contributed by atoms with Gasteiger partial charge in [-0.3, -0.25) is 0 Å². The molecule has 0 saturated heterocycles. The number of aromatic nitrogens is 2. The Hall–Kier alpha value is -1.68. The molecule has 1 aromatic carbocycles. The van der Waals surface area contributed by atoms with Crippen LogP contribution < -0.4 is 4.74 Å². The quantitative estimate of drug-likeness (QED) is 0.933. The van der Waals surface area contributed by atoms with Gasteiger partial charge in [0.05, 0.1) is 5.69 Å². The minimum absolute atomic E-state index is 0.193. The lowest BCUT2D eigenvalue weighted by Crippen LogP contribution is -2.26. The molecule has 2 aromatic rings. The van der Waals surface area contributed by atoms with Gasteiger partial charge in [-0.05, 0) is 44.6 Å². The van der Waals surface area contributed by atoms with Crippen LogP contribution in [0.25, 0.3) is 10.8 Å². The van der Waals surface area contributed by atoms with Crippen LogP contribution in [0.15, 0.2) is 24.3 Å². The summed E-state index contributed by atoms with van der Waals surface area (Å²) in [6, 6.07) is 8.09.